The lowest BCUT2D eigenvalue weighted by atomic mass is 10.2. The highest BCUT2D eigenvalue weighted by atomic mass is 79.9. The zero-order chi connectivity index (χ0) is 15.5. The van der Waals surface area contributed by atoms with Crippen LogP contribution in [-0.4, -0.2) is 15.5 Å². The maximum Gasteiger partial charge on any atom is 0.244 e. The molecule has 5 nitrogen and oxygen atoms in total. The summed E-state index contributed by atoms with van der Waals surface area (Å²) in [5.74, 6) is 0.986. The largest absolute Gasteiger partial charge is 0.464 e. The summed E-state index contributed by atoms with van der Waals surface area (Å²) in [6, 6.07) is 9.04. The van der Waals surface area contributed by atoms with E-state index in [1.54, 1.807) is 20.0 Å². The predicted octanol–water partition coefficient (Wildman–Crippen LogP) is 2.55. The van der Waals surface area contributed by atoms with Gasteiger partial charge in [-0.3, -0.25) is 0 Å². The molecule has 0 radical (unpaired) electrons. The number of hydrogen-bond donors (Lipinski definition) is 2. The van der Waals surface area contributed by atoms with Crippen LogP contribution < -0.4 is 10.0 Å². The first-order chi connectivity index (χ1) is 9.92. The number of furan rings is 1. The lowest BCUT2D eigenvalue weighted by Crippen LogP contribution is -2.23. The Balaban J connectivity index is 2.15. The van der Waals surface area contributed by atoms with Crippen LogP contribution in [0.1, 0.15) is 17.1 Å². The highest BCUT2D eigenvalue weighted by Gasteiger charge is 2.21. The molecule has 2 aromatic rings. The smallest absolute Gasteiger partial charge is 0.244 e. The standard InChI is InChI=1S/C14H17BrN2O3S/c1-10-14(7-13(20-10)9-16-2)21(18,19)17-8-11-4-3-5-12(15)6-11/h3-7,16-17H,8-9H2,1-2H3. The fourth-order valence-corrected chi connectivity index (χ4v) is 3.62. The van der Waals surface area contributed by atoms with E-state index in [2.05, 4.69) is 26.0 Å². The molecule has 0 aliphatic carbocycles. The number of hydrogen-bond acceptors (Lipinski definition) is 4. The lowest BCUT2D eigenvalue weighted by molar-refractivity contribution is 0.465. The van der Waals surface area contributed by atoms with Crippen molar-refractivity contribution in [2.45, 2.75) is 24.9 Å². The minimum Gasteiger partial charge on any atom is -0.464 e. The van der Waals surface area contributed by atoms with E-state index in [1.165, 1.54) is 0 Å². The van der Waals surface area contributed by atoms with Gasteiger partial charge in [-0.2, -0.15) is 0 Å². The van der Waals surface area contributed by atoms with Crippen molar-refractivity contribution >= 4 is 26.0 Å². The van der Waals surface area contributed by atoms with Crippen molar-refractivity contribution in [3.63, 3.8) is 0 Å². The topological polar surface area (TPSA) is 71.3 Å². The molecule has 0 amide bonds. The Hall–Kier alpha value is -1.15. The maximum atomic E-state index is 12.3. The fourth-order valence-electron chi connectivity index (χ4n) is 1.96. The minimum atomic E-state index is -3.59. The molecule has 2 N–H and O–H groups in total. The Morgan fingerprint density at radius 3 is 2.67 bits per heavy atom. The van der Waals surface area contributed by atoms with Crippen molar-refractivity contribution in [2.24, 2.45) is 0 Å². The quantitative estimate of drug-likeness (QED) is 0.817. The summed E-state index contributed by atoms with van der Waals surface area (Å²) in [5.41, 5.74) is 0.879. The zero-order valence-corrected chi connectivity index (χ0v) is 14.2. The Kier molecular flexibility index (Phi) is 5.21. The summed E-state index contributed by atoms with van der Waals surface area (Å²) < 4.78 is 33.6. The fraction of sp³-hybridized carbons (Fsp3) is 0.286. The third kappa shape index (κ3) is 4.16. The molecule has 0 saturated heterocycles. The van der Waals surface area contributed by atoms with Crippen LogP contribution in [0, 0.1) is 6.92 Å². The summed E-state index contributed by atoms with van der Waals surface area (Å²) in [4.78, 5) is 0.183. The van der Waals surface area contributed by atoms with Gasteiger partial charge in [0.2, 0.25) is 10.0 Å². The molecular formula is C14H17BrN2O3S. The molecule has 0 fully saturated rings. The van der Waals surface area contributed by atoms with Crippen molar-refractivity contribution in [3.8, 4) is 0 Å². The Morgan fingerprint density at radius 2 is 2.00 bits per heavy atom. The summed E-state index contributed by atoms with van der Waals surface area (Å²) >= 11 is 3.36. The predicted molar refractivity (Wildman–Crippen MR) is 84.4 cm³/mol. The molecule has 2 rings (SSSR count). The highest BCUT2D eigenvalue weighted by Crippen LogP contribution is 2.20. The van der Waals surface area contributed by atoms with Crippen LogP contribution >= 0.6 is 15.9 Å². The van der Waals surface area contributed by atoms with Crippen LogP contribution in [0.4, 0.5) is 0 Å². The van der Waals surface area contributed by atoms with Crippen LogP contribution in [-0.2, 0) is 23.1 Å². The molecular weight excluding hydrogens is 356 g/mol. The van der Waals surface area contributed by atoms with Gasteiger partial charge in [-0.25, -0.2) is 13.1 Å². The van der Waals surface area contributed by atoms with Crippen LogP contribution in [0.3, 0.4) is 0 Å². The first-order valence-electron chi connectivity index (χ1n) is 6.40. The van der Waals surface area contributed by atoms with E-state index in [0.29, 0.717) is 18.1 Å². The Labute approximate surface area is 132 Å². The van der Waals surface area contributed by atoms with Crippen LogP contribution in [0.25, 0.3) is 0 Å². The normalized spacial score (nSPS) is 11.8. The Morgan fingerprint density at radius 1 is 1.24 bits per heavy atom. The summed E-state index contributed by atoms with van der Waals surface area (Å²) in [5, 5.41) is 2.93. The zero-order valence-electron chi connectivity index (χ0n) is 11.8. The maximum absolute atomic E-state index is 12.3. The van der Waals surface area contributed by atoms with E-state index >= 15 is 0 Å². The second-order valence-electron chi connectivity index (χ2n) is 4.62. The van der Waals surface area contributed by atoms with Gasteiger partial charge in [-0.05, 0) is 31.7 Å². The van der Waals surface area contributed by atoms with Gasteiger partial charge in [0, 0.05) is 17.1 Å². The first-order valence-corrected chi connectivity index (χ1v) is 8.68. The molecule has 0 aliphatic rings. The summed E-state index contributed by atoms with van der Waals surface area (Å²) in [7, 11) is -1.81. The molecule has 0 atom stereocenters. The van der Waals surface area contributed by atoms with Crippen molar-refractivity contribution in [1.29, 1.82) is 0 Å². The number of aryl methyl sites for hydroxylation is 1. The van der Waals surface area contributed by atoms with E-state index in [0.717, 1.165) is 10.0 Å². The molecule has 0 aliphatic heterocycles. The van der Waals surface area contributed by atoms with E-state index in [1.807, 2.05) is 24.3 Å². The second kappa shape index (κ2) is 6.74. The van der Waals surface area contributed by atoms with E-state index in [9.17, 15) is 8.42 Å². The molecule has 0 unspecified atom stereocenters. The SMILES string of the molecule is CNCc1cc(S(=O)(=O)NCc2cccc(Br)c2)c(C)o1. The van der Waals surface area contributed by atoms with Crippen molar-refractivity contribution < 1.29 is 12.8 Å². The average molecular weight is 373 g/mol. The number of halogens is 1. The molecule has 0 saturated carbocycles. The van der Waals surface area contributed by atoms with Gasteiger partial charge in [0.1, 0.15) is 16.4 Å². The second-order valence-corrected chi connectivity index (χ2v) is 7.27. The van der Waals surface area contributed by atoms with Gasteiger partial charge < -0.3 is 9.73 Å². The van der Waals surface area contributed by atoms with Crippen molar-refractivity contribution in [1.82, 2.24) is 10.0 Å². The Bertz CT molecular complexity index is 726. The van der Waals surface area contributed by atoms with Gasteiger partial charge in [-0.15, -0.1) is 0 Å². The molecule has 114 valence electrons. The summed E-state index contributed by atoms with van der Waals surface area (Å²) in [6.07, 6.45) is 0. The van der Waals surface area contributed by atoms with E-state index in [-0.39, 0.29) is 11.4 Å². The summed E-state index contributed by atoms with van der Waals surface area (Å²) in [6.45, 7) is 2.36. The third-order valence-corrected chi connectivity index (χ3v) is 4.92. The van der Waals surface area contributed by atoms with Gasteiger partial charge in [0.05, 0.1) is 6.54 Å². The monoisotopic (exact) mass is 372 g/mol. The third-order valence-electron chi connectivity index (χ3n) is 2.92. The van der Waals surface area contributed by atoms with Gasteiger partial charge >= 0.3 is 0 Å². The minimum absolute atomic E-state index is 0.183. The van der Waals surface area contributed by atoms with Gasteiger partial charge in [0.15, 0.2) is 0 Å². The first kappa shape index (κ1) is 16.2. The van der Waals surface area contributed by atoms with Crippen molar-refractivity contribution in [2.75, 3.05) is 7.05 Å². The molecule has 7 heteroatoms. The molecule has 1 aromatic carbocycles. The molecule has 1 aromatic heterocycles. The molecule has 21 heavy (non-hydrogen) atoms. The van der Waals surface area contributed by atoms with Crippen LogP contribution in [0.5, 0.6) is 0 Å². The van der Waals surface area contributed by atoms with E-state index < -0.39 is 10.0 Å². The van der Waals surface area contributed by atoms with Crippen LogP contribution in [0.2, 0.25) is 0 Å². The average Bonchev–Trinajstić information content (AvgIpc) is 2.79. The molecule has 0 spiro atoms. The van der Waals surface area contributed by atoms with Crippen LogP contribution in [0.15, 0.2) is 44.1 Å². The van der Waals surface area contributed by atoms with Gasteiger partial charge in [0.25, 0.3) is 0 Å². The van der Waals surface area contributed by atoms with Crippen molar-refractivity contribution in [3.05, 3.63) is 51.9 Å². The number of sulfonamides is 1. The highest BCUT2D eigenvalue weighted by molar-refractivity contribution is 9.10. The number of nitrogens with one attached hydrogen (secondary N) is 2. The number of benzene rings is 1. The molecule has 1 heterocycles. The van der Waals surface area contributed by atoms with E-state index in [4.69, 9.17) is 4.42 Å². The molecule has 0 bridgehead atoms. The lowest BCUT2D eigenvalue weighted by Gasteiger charge is -2.06. The van der Waals surface area contributed by atoms with Gasteiger partial charge in [-0.1, -0.05) is 28.1 Å². The number of rotatable bonds is 6.